The molecule has 0 spiro atoms. The fraction of sp³-hybridized carbons (Fsp3) is 0.545. The average molecular weight is 262 g/mol. The Hall–Kier alpha value is -2.25. The third-order valence-corrected chi connectivity index (χ3v) is 3.50. The second-order valence-electron chi connectivity index (χ2n) is 4.73. The van der Waals surface area contributed by atoms with Crippen molar-refractivity contribution < 1.29 is 9.53 Å². The maximum atomic E-state index is 11.7. The smallest absolute Gasteiger partial charge is 0.310 e. The summed E-state index contributed by atoms with van der Waals surface area (Å²) in [7, 11) is 1.42. The number of nitrogens with zero attached hydrogens (tertiary/aromatic N) is 6. The highest BCUT2D eigenvalue weighted by Crippen LogP contribution is 2.27. The number of methoxy groups -OCH3 is 1. The number of fused-ring (bicyclic) bond motifs is 1. The molecule has 100 valence electrons. The molecule has 2 unspecified atom stereocenters. The van der Waals surface area contributed by atoms with Gasteiger partial charge in [-0.25, -0.2) is 0 Å². The number of hydrogen-bond acceptors (Lipinski definition) is 7. The first kappa shape index (κ1) is 11.8. The van der Waals surface area contributed by atoms with Gasteiger partial charge in [-0.3, -0.25) is 4.79 Å². The van der Waals surface area contributed by atoms with E-state index in [2.05, 4.69) is 20.6 Å². The maximum absolute atomic E-state index is 11.7. The molecule has 0 amide bonds. The lowest BCUT2D eigenvalue weighted by molar-refractivity contribution is -0.145. The van der Waals surface area contributed by atoms with Crippen molar-refractivity contribution in [2.24, 2.45) is 11.8 Å². The fourth-order valence-electron chi connectivity index (χ4n) is 2.42. The van der Waals surface area contributed by atoms with Crippen molar-refractivity contribution in [3.05, 3.63) is 12.1 Å². The maximum Gasteiger partial charge on any atom is 0.310 e. The summed E-state index contributed by atoms with van der Waals surface area (Å²) < 4.78 is 6.20. The van der Waals surface area contributed by atoms with Crippen molar-refractivity contribution in [2.45, 2.75) is 6.92 Å². The lowest BCUT2D eigenvalue weighted by Gasteiger charge is -2.16. The Kier molecular flexibility index (Phi) is 2.77. The molecule has 2 atom stereocenters. The molecule has 1 aliphatic heterocycles. The van der Waals surface area contributed by atoms with Crippen molar-refractivity contribution >= 4 is 17.4 Å². The fourth-order valence-corrected chi connectivity index (χ4v) is 2.42. The predicted molar refractivity (Wildman–Crippen MR) is 65.5 cm³/mol. The number of esters is 1. The van der Waals surface area contributed by atoms with Crippen LogP contribution in [0.2, 0.25) is 0 Å². The molecule has 0 bridgehead atoms. The van der Waals surface area contributed by atoms with E-state index >= 15 is 0 Å². The number of carbonyl (C=O) groups is 1. The Balaban J connectivity index is 1.85. The first-order chi connectivity index (χ1) is 9.19. The highest BCUT2D eigenvalue weighted by atomic mass is 16.5. The van der Waals surface area contributed by atoms with Crippen molar-refractivity contribution in [1.82, 2.24) is 25.3 Å². The Bertz CT molecular complexity index is 612. The molecule has 2 aromatic heterocycles. The molecule has 0 aliphatic carbocycles. The van der Waals surface area contributed by atoms with E-state index in [9.17, 15) is 4.79 Å². The van der Waals surface area contributed by atoms with Crippen molar-refractivity contribution in [2.75, 3.05) is 25.1 Å². The van der Waals surface area contributed by atoms with E-state index in [1.54, 1.807) is 6.07 Å². The Morgan fingerprint density at radius 2 is 2.26 bits per heavy atom. The van der Waals surface area contributed by atoms with E-state index in [1.807, 2.05) is 17.9 Å². The molecule has 1 aliphatic rings. The summed E-state index contributed by atoms with van der Waals surface area (Å²) in [5.74, 6) is 0.715. The second-order valence-corrected chi connectivity index (χ2v) is 4.73. The summed E-state index contributed by atoms with van der Waals surface area (Å²) in [6, 6.07) is 3.66. The zero-order valence-corrected chi connectivity index (χ0v) is 10.7. The van der Waals surface area contributed by atoms with Crippen LogP contribution >= 0.6 is 0 Å². The quantitative estimate of drug-likeness (QED) is 0.691. The minimum Gasteiger partial charge on any atom is -0.469 e. The average Bonchev–Trinajstić information content (AvgIpc) is 3.03. The molecular weight excluding hydrogens is 248 g/mol. The number of tetrazole rings is 1. The lowest BCUT2D eigenvalue weighted by atomic mass is 9.99. The van der Waals surface area contributed by atoms with Gasteiger partial charge in [0.1, 0.15) is 0 Å². The van der Waals surface area contributed by atoms with Crippen molar-refractivity contribution in [1.29, 1.82) is 0 Å². The normalized spacial score (nSPS) is 22.9. The summed E-state index contributed by atoms with van der Waals surface area (Å²) in [4.78, 5) is 13.7. The highest BCUT2D eigenvalue weighted by molar-refractivity contribution is 5.74. The van der Waals surface area contributed by atoms with E-state index in [0.29, 0.717) is 12.2 Å². The van der Waals surface area contributed by atoms with Gasteiger partial charge >= 0.3 is 5.97 Å². The first-order valence-corrected chi connectivity index (χ1v) is 6.07. The topological polar surface area (TPSA) is 85.5 Å². The number of rotatable bonds is 2. The van der Waals surface area contributed by atoms with Gasteiger partial charge in [-0.15, -0.1) is 14.8 Å². The number of anilines is 1. The van der Waals surface area contributed by atoms with E-state index in [1.165, 1.54) is 11.7 Å². The summed E-state index contributed by atoms with van der Waals surface area (Å²) in [6.07, 6.45) is 0. The van der Waals surface area contributed by atoms with E-state index in [-0.39, 0.29) is 17.8 Å². The molecule has 8 heteroatoms. The van der Waals surface area contributed by atoms with Crippen LogP contribution in [0.1, 0.15) is 6.92 Å². The van der Waals surface area contributed by atoms with Gasteiger partial charge in [-0.1, -0.05) is 6.92 Å². The second kappa shape index (κ2) is 4.45. The van der Waals surface area contributed by atoms with Crippen LogP contribution in [0.5, 0.6) is 0 Å². The number of hydrogen-bond donors (Lipinski definition) is 0. The summed E-state index contributed by atoms with van der Waals surface area (Å²) in [5.41, 5.74) is 0.598. The predicted octanol–water partition coefficient (Wildman–Crippen LogP) is -0.235. The third kappa shape index (κ3) is 1.98. The van der Waals surface area contributed by atoms with Gasteiger partial charge in [0.2, 0.25) is 0 Å². The molecule has 2 aromatic rings. The minimum atomic E-state index is -0.168. The zero-order valence-electron chi connectivity index (χ0n) is 10.7. The number of ether oxygens (including phenoxy) is 1. The molecule has 8 nitrogen and oxygen atoms in total. The standard InChI is InChI=1S/C11H14N6O2/c1-7-5-16(6-8(7)11(18)19-2)10-4-3-9-12-14-15-17(9)13-10/h3-4,7-8H,5-6H2,1-2H3. The summed E-state index contributed by atoms with van der Waals surface area (Å²) >= 11 is 0. The van der Waals surface area contributed by atoms with Crippen LogP contribution in [-0.2, 0) is 9.53 Å². The van der Waals surface area contributed by atoms with Gasteiger partial charge in [0, 0.05) is 13.1 Å². The SMILES string of the molecule is COC(=O)C1CN(c2ccc3nnnn3n2)CC1C. The van der Waals surface area contributed by atoms with Crippen LogP contribution in [0.25, 0.3) is 5.65 Å². The van der Waals surface area contributed by atoms with Gasteiger partial charge in [-0.2, -0.15) is 0 Å². The van der Waals surface area contributed by atoms with Crippen molar-refractivity contribution in [3.63, 3.8) is 0 Å². The molecule has 3 rings (SSSR count). The van der Waals surface area contributed by atoms with Gasteiger partial charge in [0.25, 0.3) is 0 Å². The molecule has 0 N–H and O–H groups in total. The number of aromatic nitrogens is 5. The highest BCUT2D eigenvalue weighted by Gasteiger charge is 2.36. The van der Waals surface area contributed by atoms with E-state index in [0.717, 1.165) is 12.4 Å². The molecule has 0 aromatic carbocycles. The van der Waals surface area contributed by atoms with Crippen LogP contribution in [-0.4, -0.2) is 51.4 Å². The molecule has 0 radical (unpaired) electrons. The number of carbonyl (C=O) groups excluding carboxylic acids is 1. The van der Waals surface area contributed by atoms with Crippen LogP contribution in [0.4, 0.5) is 5.82 Å². The van der Waals surface area contributed by atoms with Gasteiger partial charge in [0.15, 0.2) is 11.5 Å². The monoisotopic (exact) mass is 262 g/mol. The van der Waals surface area contributed by atoms with Gasteiger partial charge in [0.05, 0.1) is 13.0 Å². The van der Waals surface area contributed by atoms with E-state index < -0.39 is 0 Å². The molecule has 3 heterocycles. The third-order valence-electron chi connectivity index (χ3n) is 3.50. The van der Waals surface area contributed by atoms with Crippen LogP contribution < -0.4 is 4.90 Å². The Morgan fingerprint density at radius 1 is 1.42 bits per heavy atom. The Labute approximate surface area is 109 Å². The zero-order chi connectivity index (χ0) is 13.4. The summed E-state index contributed by atoms with van der Waals surface area (Å²) in [5, 5.41) is 15.4. The van der Waals surface area contributed by atoms with Crippen molar-refractivity contribution in [3.8, 4) is 0 Å². The molecule has 19 heavy (non-hydrogen) atoms. The Morgan fingerprint density at radius 3 is 3.05 bits per heavy atom. The van der Waals surface area contributed by atoms with E-state index in [4.69, 9.17) is 4.74 Å². The van der Waals surface area contributed by atoms with Gasteiger partial charge in [-0.05, 0) is 28.5 Å². The minimum absolute atomic E-state index is 0.114. The first-order valence-electron chi connectivity index (χ1n) is 6.07. The van der Waals surface area contributed by atoms with Gasteiger partial charge < -0.3 is 9.64 Å². The van der Waals surface area contributed by atoms with Crippen LogP contribution in [0.3, 0.4) is 0 Å². The van der Waals surface area contributed by atoms with Crippen LogP contribution in [0, 0.1) is 11.8 Å². The molecular formula is C11H14N6O2. The molecule has 1 saturated heterocycles. The van der Waals surface area contributed by atoms with Crippen LogP contribution in [0.15, 0.2) is 12.1 Å². The largest absolute Gasteiger partial charge is 0.469 e. The summed E-state index contributed by atoms with van der Waals surface area (Å²) in [6.45, 7) is 3.41. The molecule has 1 fully saturated rings. The molecule has 0 saturated carbocycles. The lowest BCUT2D eigenvalue weighted by Crippen LogP contribution is -2.25.